The van der Waals surface area contributed by atoms with Crippen LogP contribution in [-0.4, -0.2) is 54.8 Å². The Kier molecular flexibility index (Phi) is 7.41. The summed E-state index contributed by atoms with van der Waals surface area (Å²) in [7, 11) is 0. The van der Waals surface area contributed by atoms with E-state index in [9.17, 15) is 9.59 Å². The fourth-order valence-corrected chi connectivity index (χ4v) is 3.11. The Bertz CT molecular complexity index is 729. The van der Waals surface area contributed by atoms with E-state index in [0.717, 1.165) is 5.56 Å². The summed E-state index contributed by atoms with van der Waals surface area (Å²) in [4.78, 5) is 32.2. The summed E-state index contributed by atoms with van der Waals surface area (Å²) in [5.74, 6) is -1.24. The molecule has 3 N–H and O–H groups in total. The van der Waals surface area contributed by atoms with Crippen LogP contribution in [0.3, 0.4) is 0 Å². The van der Waals surface area contributed by atoms with Crippen LogP contribution in [0.5, 0.6) is 0 Å². The highest BCUT2D eigenvalue weighted by molar-refractivity contribution is 5.83. The second-order valence-corrected chi connectivity index (χ2v) is 6.10. The summed E-state index contributed by atoms with van der Waals surface area (Å²) in [5, 5.41) is 30.0. The zero-order chi connectivity index (χ0) is 19.6. The number of hydrogen-bond acceptors (Lipinski definition) is 6. The van der Waals surface area contributed by atoms with Crippen molar-refractivity contribution in [1.82, 2.24) is 25.5 Å². The maximum atomic E-state index is 12.8. The van der Waals surface area contributed by atoms with Crippen molar-refractivity contribution < 1.29 is 24.6 Å². The van der Waals surface area contributed by atoms with E-state index < -0.39 is 12.0 Å². The van der Waals surface area contributed by atoms with Crippen LogP contribution in [-0.2, 0) is 14.4 Å². The van der Waals surface area contributed by atoms with Gasteiger partial charge in [0.25, 0.3) is 6.47 Å². The number of benzene rings is 1. The minimum absolute atomic E-state index is 0.0178. The number of carboxylic acids is 1. The quantitative estimate of drug-likeness (QED) is 0.648. The van der Waals surface area contributed by atoms with Crippen molar-refractivity contribution in [2.24, 2.45) is 5.92 Å². The van der Waals surface area contributed by atoms with E-state index in [4.69, 9.17) is 15.0 Å². The number of hydrogen-bond donors (Lipinski definition) is 3. The Morgan fingerprint density at radius 2 is 1.81 bits per heavy atom. The van der Waals surface area contributed by atoms with Crippen LogP contribution < -0.4 is 5.32 Å². The molecule has 1 aliphatic carbocycles. The Morgan fingerprint density at radius 3 is 2.33 bits per heavy atom. The maximum Gasteiger partial charge on any atom is 0.306 e. The largest absolute Gasteiger partial charge is 0.483 e. The molecule has 1 unspecified atom stereocenters. The van der Waals surface area contributed by atoms with Crippen LogP contribution in [0.4, 0.5) is 0 Å². The van der Waals surface area contributed by atoms with Gasteiger partial charge in [0, 0.05) is 6.04 Å². The van der Waals surface area contributed by atoms with Crippen LogP contribution in [0.15, 0.2) is 36.7 Å². The number of aliphatic carboxylic acids is 1. The van der Waals surface area contributed by atoms with Gasteiger partial charge in [-0.15, -0.1) is 5.10 Å². The van der Waals surface area contributed by atoms with Gasteiger partial charge in [-0.1, -0.05) is 30.3 Å². The molecule has 10 nitrogen and oxygen atoms in total. The molecule has 1 amide bonds. The van der Waals surface area contributed by atoms with E-state index in [1.54, 1.807) is 0 Å². The summed E-state index contributed by atoms with van der Waals surface area (Å²) in [6, 6.07) is 8.65. The minimum atomic E-state index is -0.754. The Balaban J connectivity index is 0.000000817. The lowest BCUT2D eigenvalue weighted by molar-refractivity contribution is -0.142. The molecule has 1 aromatic carbocycles. The van der Waals surface area contributed by atoms with Crippen molar-refractivity contribution in [3.8, 4) is 0 Å². The molecular formula is C17H21N5O5. The molecule has 27 heavy (non-hydrogen) atoms. The number of amides is 1. The standard InChI is InChI=1S/C16H19N5O3.CH2O2/c22-15(18-13-8-6-12(7-9-13)16(23)24)14(21-10-17-19-20-21)11-4-2-1-3-5-11;2-1-3/h1-5,10,12-14H,6-9H2,(H,18,22)(H,23,24);1H,(H,2,3). The van der Waals surface area contributed by atoms with E-state index in [2.05, 4.69) is 20.8 Å². The Morgan fingerprint density at radius 1 is 1.19 bits per heavy atom. The van der Waals surface area contributed by atoms with Crippen molar-refractivity contribution in [3.05, 3.63) is 42.2 Å². The first-order chi connectivity index (χ1) is 13.1. The first-order valence-corrected chi connectivity index (χ1v) is 8.45. The number of nitrogens with zero attached hydrogens (tertiary/aromatic N) is 4. The fourth-order valence-electron chi connectivity index (χ4n) is 3.11. The molecule has 0 aliphatic heterocycles. The van der Waals surface area contributed by atoms with E-state index in [1.165, 1.54) is 11.0 Å². The first-order valence-electron chi connectivity index (χ1n) is 8.45. The third-order valence-electron chi connectivity index (χ3n) is 4.42. The average molecular weight is 375 g/mol. The topological polar surface area (TPSA) is 147 Å². The van der Waals surface area contributed by atoms with Crippen LogP contribution in [0.25, 0.3) is 0 Å². The normalized spacial score (nSPS) is 19.9. The van der Waals surface area contributed by atoms with Gasteiger partial charge in [0.05, 0.1) is 5.92 Å². The van der Waals surface area contributed by atoms with Crippen LogP contribution in [0.1, 0.15) is 37.3 Å². The van der Waals surface area contributed by atoms with Crippen molar-refractivity contribution >= 4 is 18.3 Å². The number of carbonyl (C=O) groups is 3. The molecule has 10 heteroatoms. The predicted molar refractivity (Wildman–Crippen MR) is 92.6 cm³/mol. The van der Waals surface area contributed by atoms with Gasteiger partial charge >= 0.3 is 5.97 Å². The van der Waals surface area contributed by atoms with Gasteiger partial charge in [-0.3, -0.25) is 14.4 Å². The average Bonchev–Trinajstić information content (AvgIpc) is 3.18. The van der Waals surface area contributed by atoms with Gasteiger partial charge in [0.1, 0.15) is 6.33 Å². The molecule has 1 atom stereocenters. The van der Waals surface area contributed by atoms with Gasteiger partial charge < -0.3 is 15.5 Å². The summed E-state index contributed by atoms with van der Waals surface area (Å²) >= 11 is 0. The van der Waals surface area contributed by atoms with Crippen molar-refractivity contribution in [3.63, 3.8) is 0 Å². The predicted octanol–water partition coefficient (Wildman–Crippen LogP) is 0.723. The second-order valence-electron chi connectivity index (χ2n) is 6.10. The van der Waals surface area contributed by atoms with Crippen LogP contribution in [0, 0.1) is 5.92 Å². The second kappa shape index (κ2) is 10.00. The van der Waals surface area contributed by atoms with Crippen LogP contribution in [0.2, 0.25) is 0 Å². The van der Waals surface area contributed by atoms with Gasteiger partial charge in [-0.2, -0.15) is 0 Å². The van der Waals surface area contributed by atoms with Crippen molar-refractivity contribution in [2.45, 2.75) is 37.8 Å². The lowest BCUT2D eigenvalue weighted by Gasteiger charge is -2.28. The number of rotatable bonds is 5. The first kappa shape index (κ1) is 20.0. The highest BCUT2D eigenvalue weighted by Gasteiger charge is 2.30. The molecule has 3 rings (SSSR count). The highest BCUT2D eigenvalue weighted by atomic mass is 16.4. The molecule has 2 aromatic rings. The monoisotopic (exact) mass is 375 g/mol. The van der Waals surface area contributed by atoms with Crippen LogP contribution >= 0.6 is 0 Å². The van der Waals surface area contributed by atoms with E-state index in [0.29, 0.717) is 25.7 Å². The van der Waals surface area contributed by atoms with E-state index in [-0.39, 0.29) is 24.3 Å². The zero-order valence-corrected chi connectivity index (χ0v) is 14.5. The zero-order valence-electron chi connectivity index (χ0n) is 14.5. The van der Waals surface area contributed by atoms with Gasteiger partial charge in [-0.25, -0.2) is 4.68 Å². The lowest BCUT2D eigenvalue weighted by Crippen LogP contribution is -2.42. The Hall–Kier alpha value is -3.30. The van der Waals surface area contributed by atoms with Gasteiger partial charge in [0.2, 0.25) is 5.91 Å². The van der Waals surface area contributed by atoms with Gasteiger partial charge in [0.15, 0.2) is 6.04 Å². The number of carbonyl (C=O) groups excluding carboxylic acids is 1. The molecule has 0 radical (unpaired) electrons. The molecule has 0 bridgehead atoms. The van der Waals surface area contributed by atoms with E-state index in [1.807, 2.05) is 30.3 Å². The number of aromatic nitrogens is 4. The van der Waals surface area contributed by atoms with E-state index >= 15 is 0 Å². The van der Waals surface area contributed by atoms with Crippen molar-refractivity contribution in [2.75, 3.05) is 0 Å². The minimum Gasteiger partial charge on any atom is -0.483 e. The van der Waals surface area contributed by atoms with Crippen molar-refractivity contribution in [1.29, 1.82) is 0 Å². The molecule has 1 saturated carbocycles. The molecule has 1 heterocycles. The molecule has 1 fully saturated rings. The smallest absolute Gasteiger partial charge is 0.306 e. The maximum absolute atomic E-state index is 12.8. The number of tetrazole rings is 1. The Labute approximate surface area is 155 Å². The fraction of sp³-hybridized carbons (Fsp3) is 0.412. The third kappa shape index (κ3) is 5.59. The SMILES string of the molecule is O=C(O)C1CCC(NC(=O)C(c2ccccc2)n2cnnn2)CC1.O=CO. The molecule has 0 saturated heterocycles. The molecule has 0 spiro atoms. The molecule has 1 aliphatic rings. The molecule has 144 valence electrons. The summed E-state index contributed by atoms with van der Waals surface area (Å²) in [6.07, 6.45) is 3.92. The molecule has 1 aromatic heterocycles. The number of carboxylic acid groups (broad SMARTS) is 2. The molecular weight excluding hydrogens is 354 g/mol. The summed E-state index contributed by atoms with van der Waals surface area (Å²) in [5.41, 5.74) is 0.793. The number of nitrogens with one attached hydrogen (secondary N) is 1. The highest BCUT2D eigenvalue weighted by Crippen LogP contribution is 2.25. The summed E-state index contributed by atoms with van der Waals surface area (Å²) in [6.45, 7) is -0.250. The third-order valence-corrected chi connectivity index (χ3v) is 4.42. The summed E-state index contributed by atoms with van der Waals surface area (Å²) < 4.78 is 1.42. The van der Waals surface area contributed by atoms with Gasteiger partial charge in [-0.05, 0) is 41.7 Å². The lowest BCUT2D eigenvalue weighted by atomic mass is 9.86.